The Balaban J connectivity index is 0.000000364. The summed E-state index contributed by atoms with van der Waals surface area (Å²) in [6.45, 7) is 8.83. The van der Waals surface area contributed by atoms with E-state index >= 15 is 0 Å². The Bertz CT molecular complexity index is 368. The molecule has 0 aromatic heterocycles. The van der Waals surface area contributed by atoms with Gasteiger partial charge in [0.15, 0.2) is 0 Å². The van der Waals surface area contributed by atoms with Crippen LogP contribution in [-0.4, -0.2) is 0 Å². The van der Waals surface area contributed by atoms with Gasteiger partial charge in [-0.1, -0.05) is 52.4 Å². The van der Waals surface area contributed by atoms with Crippen LogP contribution in [0.25, 0.3) is 0 Å². The molecular formula is C20H30Zr. The molecule has 0 N–H and O–H groups in total. The van der Waals surface area contributed by atoms with Gasteiger partial charge in [-0.15, -0.1) is 26.7 Å². The van der Waals surface area contributed by atoms with Crippen molar-refractivity contribution in [2.45, 2.75) is 79.1 Å². The van der Waals surface area contributed by atoms with Crippen LogP contribution in [0.3, 0.4) is 0 Å². The molecule has 0 radical (unpaired) electrons. The molecule has 0 unspecified atom stereocenters. The van der Waals surface area contributed by atoms with Crippen LogP contribution in [0.5, 0.6) is 0 Å². The first-order valence-electron chi connectivity index (χ1n) is 8.22. The summed E-state index contributed by atoms with van der Waals surface area (Å²) in [5.41, 5.74) is 5.82. The molecule has 2 rings (SSSR count). The maximum atomic E-state index is 3.37. The molecule has 0 spiro atoms. The van der Waals surface area contributed by atoms with E-state index in [1.807, 2.05) is 0 Å². The third kappa shape index (κ3) is 8.15. The zero-order valence-electron chi connectivity index (χ0n) is 14.3. The van der Waals surface area contributed by atoms with E-state index in [1.54, 1.807) is 0 Å². The molecule has 0 saturated carbocycles. The molecule has 0 bridgehead atoms. The minimum Gasteiger partial charge on any atom is -0.269 e. The van der Waals surface area contributed by atoms with Gasteiger partial charge in [0.2, 0.25) is 0 Å². The fourth-order valence-electron chi connectivity index (χ4n) is 2.46. The minimum atomic E-state index is 0. The topological polar surface area (TPSA) is 0 Å². The van der Waals surface area contributed by atoms with Crippen molar-refractivity contribution >= 4 is 0 Å². The quantitative estimate of drug-likeness (QED) is 0.473. The van der Waals surface area contributed by atoms with Gasteiger partial charge in [0, 0.05) is 0 Å². The smallest absolute Gasteiger partial charge is 0.269 e. The second-order valence-corrected chi connectivity index (χ2v) is 5.70. The molecule has 2 aliphatic carbocycles. The van der Waals surface area contributed by atoms with Crippen molar-refractivity contribution in [2.75, 3.05) is 0 Å². The molecule has 0 amide bonds. The van der Waals surface area contributed by atoms with Crippen LogP contribution in [0.1, 0.15) is 79.1 Å². The van der Waals surface area contributed by atoms with Crippen molar-refractivity contribution < 1.29 is 26.2 Å². The van der Waals surface area contributed by atoms with Crippen molar-refractivity contribution in [1.82, 2.24) is 0 Å². The third-order valence-corrected chi connectivity index (χ3v) is 3.96. The second-order valence-electron chi connectivity index (χ2n) is 5.70. The monoisotopic (exact) mass is 360 g/mol. The molecule has 0 saturated heterocycles. The SMILES string of the molecule is CCCCC1=[C-]CC=C1C.CCCCC1=[C-]CC=C1C.[Zr+2]. The van der Waals surface area contributed by atoms with E-state index in [4.69, 9.17) is 0 Å². The van der Waals surface area contributed by atoms with Crippen LogP contribution in [0.4, 0.5) is 0 Å². The maximum absolute atomic E-state index is 3.37. The molecule has 0 aromatic carbocycles. The molecule has 0 aromatic rings. The van der Waals surface area contributed by atoms with E-state index in [9.17, 15) is 0 Å². The number of hydrogen-bond donors (Lipinski definition) is 0. The number of unbranched alkanes of at least 4 members (excludes halogenated alkanes) is 2. The molecule has 1 heteroatoms. The number of hydrogen-bond acceptors (Lipinski definition) is 0. The molecule has 2 aliphatic rings. The summed E-state index contributed by atoms with van der Waals surface area (Å²) >= 11 is 0. The average Bonchev–Trinajstić information content (AvgIpc) is 3.04. The fraction of sp³-hybridized carbons (Fsp3) is 0.600. The second kappa shape index (κ2) is 12.4. The van der Waals surface area contributed by atoms with E-state index in [0.29, 0.717) is 0 Å². The predicted octanol–water partition coefficient (Wildman–Crippen LogP) is 6.51. The van der Waals surface area contributed by atoms with Crippen LogP contribution in [-0.2, 0) is 26.2 Å². The summed E-state index contributed by atoms with van der Waals surface area (Å²) in [6.07, 6.45) is 21.0. The van der Waals surface area contributed by atoms with Gasteiger partial charge in [-0.2, -0.15) is 12.2 Å². The molecule has 0 fully saturated rings. The Morgan fingerprint density at radius 2 is 1.19 bits per heavy atom. The van der Waals surface area contributed by atoms with Crippen molar-refractivity contribution in [3.05, 3.63) is 46.6 Å². The predicted molar refractivity (Wildman–Crippen MR) is 89.3 cm³/mol. The zero-order chi connectivity index (χ0) is 14.8. The van der Waals surface area contributed by atoms with Gasteiger partial charge >= 0.3 is 26.2 Å². The van der Waals surface area contributed by atoms with Crippen LogP contribution >= 0.6 is 0 Å². The first kappa shape index (κ1) is 20.8. The van der Waals surface area contributed by atoms with Gasteiger partial charge in [0.1, 0.15) is 0 Å². The van der Waals surface area contributed by atoms with E-state index in [2.05, 4.69) is 52.0 Å². The summed E-state index contributed by atoms with van der Waals surface area (Å²) in [5.74, 6) is 0. The summed E-state index contributed by atoms with van der Waals surface area (Å²) in [6, 6.07) is 0. The Hall–Kier alpha value is -0.157. The molecule has 0 heterocycles. The third-order valence-electron chi connectivity index (χ3n) is 3.96. The summed E-state index contributed by atoms with van der Waals surface area (Å²) in [4.78, 5) is 0. The first-order valence-corrected chi connectivity index (χ1v) is 8.22. The first-order chi connectivity index (χ1) is 9.69. The van der Waals surface area contributed by atoms with Crippen LogP contribution < -0.4 is 0 Å². The Morgan fingerprint density at radius 3 is 1.43 bits per heavy atom. The van der Waals surface area contributed by atoms with E-state index in [1.165, 1.54) is 60.8 Å². The largest absolute Gasteiger partial charge is 2.00 e. The normalized spacial score (nSPS) is 16.2. The van der Waals surface area contributed by atoms with Crippen molar-refractivity contribution in [1.29, 1.82) is 0 Å². The number of allylic oxidation sites excluding steroid dienone is 8. The molecule has 0 aliphatic heterocycles. The van der Waals surface area contributed by atoms with E-state index < -0.39 is 0 Å². The average molecular weight is 362 g/mol. The Kier molecular flexibility index (Phi) is 12.3. The number of rotatable bonds is 6. The van der Waals surface area contributed by atoms with E-state index in [-0.39, 0.29) is 26.2 Å². The van der Waals surface area contributed by atoms with Gasteiger partial charge in [0.25, 0.3) is 0 Å². The van der Waals surface area contributed by atoms with Gasteiger partial charge in [-0.25, -0.2) is 22.3 Å². The molecule has 0 nitrogen and oxygen atoms in total. The zero-order valence-corrected chi connectivity index (χ0v) is 16.8. The summed E-state index contributed by atoms with van der Waals surface area (Å²) < 4.78 is 0. The van der Waals surface area contributed by atoms with Crippen LogP contribution in [0.15, 0.2) is 34.4 Å². The molecule has 114 valence electrons. The summed E-state index contributed by atoms with van der Waals surface area (Å²) in [7, 11) is 0. The van der Waals surface area contributed by atoms with Crippen LogP contribution in [0.2, 0.25) is 0 Å². The van der Waals surface area contributed by atoms with Gasteiger partial charge in [-0.05, 0) is 0 Å². The standard InChI is InChI=1S/2C10H15.Zr/c2*1-3-4-7-10-8-5-6-9(10)2;/h2*6H,3-5,7H2,1-2H3;/q2*-1;+2. The van der Waals surface area contributed by atoms with Gasteiger partial charge in [0.05, 0.1) is 0 Å². The van der Waals surface area contributed by atoms with Crippen molar-refractivity contribution in [2.24, 2.45) is 0 Å². The molecular weight excluding hydrogens is 331 g/mol. The van der Waals surface area contributed by atoms with Gasteiger partial charge < -0.3 is 0 Å². The molecule has 0 atom stereocenters. The summed E-state index contributed by atoms with van der Waals surface area (Å²) in [5, 5.41) is 0. The van der Waals surface area contributed by atoms with Crippen LogP contribution in [0, 0.1) is 12.2 Å². The molecule has 21 heavy (non-hydrogen) atoms. The van der Waals surface area contributed by atoms with Crippen molar-refractivity contribution in [3.8, 4) is 0 Å². The maximum Gasteiger partial charge on any atom is 2.00 e. The minimum absolute atomic E-state index is 0. The fourth-order valence-corrected chi connectivity index (χ4v) is 2.46. The van der Waals surface area contributed by atoms with Crippen molar-refractivity contribution in [3.63, 3.8) is 0 Å². The van der Waals surface area contributed by atoms with Gasteiger partial charge in [-0.3, -0.25) is 12.2 Å². The Labute approximate surface area is 151 Å². The van der Waals surface area contributed by atoms with E-state index in [0.717, 1.165) is 12.8 Å². The Morgan fingerprint density at radius 1 is 0.810 bits per heavy atom.